The van der Waals surface area contributed by atoms with E-state index in [0.29, 0.717) is 0 Å². The summed E-state index contributed by atoms with van der Waals surface area (Å²) < 4.78 is 0. The summed E-state index contributed by atoms with van der Waals surface area (Å²) in [5.74, 6) is 0. The van der Waals surface area contributed by atoms with Crippen LogP contribution in [0.5, 0.6) is 0 Å². The lowest BCUT2D eigenvalue weighted by atomic mass is 9.96. The normalized spacial score (nSPS) is 11.1. The lowest BCUT2D eigenvalue weighted by molar-refractivity contribution is 1.37. The zero-order valence-electron chi connectivity index (χ0n) is 19.2. The monoisotopic (exact) mass is 412 g/mol. The van der Waals surface area contributed by atoms with E-state index in [2.05, 4.69) is 125 Å². The van der Waals surface area contributed by atoms with Gasteiger partial charge in [-0.3, -0.25) is 0 Å². The van der Waals surface area contributed by atoms with Gasteiger partial charge in [-0.2, -0.15) is 0 Å². The van der Waals surface area contributed by atoms with Gasteiger partial charge < -0.3 is 0 Å². The minimum absolute atomic E-state index is 1.32. The van der Waals surface area contributed by atoms with Crippen molar-refractivity contribution in [2.24, 2.45) is 0 Å². The number of aryl methyl sites for hydroxylation is 4. The Balaban J connectivity index is 0.000000135. The first-order valence-electron chi connectivity index (χ1n) is 11.3. The topological polar surface area (TPSA) is 0 Å². The van der Waals surface area contributed by atoms with Gasteiger partial charge in [-0.25, -0.2) is 0 Å². The molecule has 0 fully saturated rings. The molecule has 0 saturated heterocycles. The van der Waals surface area contributed by atoms with Gasteiger partial charge in [0.05, 0.1) is 0 Å². The van der Waals surface area contributed by atoms with Gasteiger partial charge in [-0.05, 0) is 93.0 Å². The summed E-state index contributed by atoms with van der Waals surface area (Å²) in [6.07, 6.45) is 0. The van der Waals surface area contributed by atoms with Gasteiger partial charge >= 0.3 is 0 Å². The van der Waals surface area contributed by atoms with Gasteiger partial charge in [0.2, 0.25) is 0 Å². The lowest BCUT2D eigenvalue weighted by Crippen LogP contribution is -1.84. The molecule has 0 radical (unpaired) electrons. The minimum Gasteiger partial charge on any atom is -0.0616 e. The van der Waals surface area contributed by atoms with E-state index in [0.717, 1.165) is 0 Å². The average Bonchev–Trinajstić information content (AvgIpc) is 2.81. The fourth-order valence-corrected chi connectivity index (χ4v) is 4.74. The van der Waals surface area contributed by atoms with E-state index >= 15 is 0 Å². The number of hydrogen-bond donors (Lipinski definition) is 0. The van der Waals surface area contributed by atoms with E-state index in [1.54, 1.807) is 0 Å². The van der Waals surface area contributed by atoms with E-state index in [1.807, 2.05) is 0 Å². The Morgan fingerprint density at radius 3 is 1.69 bits per heavy atom. The van der Waals surface area contributed by atoms with Crippen molar-refractivity contribution in [3.8, 4) is 0 Å². The predicted octanol–water partition coefficient (Wildman–Crippen LogP) is 9.22. The molecule has 6 rings (SSSR count). The fraction of sp³-hybridized carbons (Fsp3) is 0.125. The van der Waals surface area contributed by atoms with Gasteiger partial charge in [-0.1, -0.05) is 97.1 Å². The summed E-state index contributed by atoms with van der Waals surface area (Å²) in [5, 5.41) is 10.8. The molecule has 0 aliphatic rings. The second-order valence-electron chi connectivity index (χ2n) is 8.85. The highest BCUT2D eigenvalue weighted by molar-refractivity contribution is 6.10. The quantitative estimate of drug-likeness (QED) is 0.218. The molecule has 6 aromatic carbocycles. The molecule has 0 aliphatic heterocycles. The molecule has 0 nitrogen and oxygen atoms in total. The zero-order chi connectivity index (χ0) is 22.2. The van der Waals surface area contributed by atoms with Crippen LogP contribution in [0.15, 0.2) is 97.1 Å². The maximum absolute atomic E-state index is 2.30. The molecular weight excluding hydrogens is 384 g/mol. The largest absolute Gasteiger partial charge is 0.0616 e. The molecule has 0 N–H and O–H groups in total. The highest BCUT2D eigenvalue weighted by Crippen LogP contribution is 2.30. The Bertz CT molecular complexity index is 1600. The molecular formula is C32H28. The van der Waals surface area contributed by atoms with E-state index in [9.17, 15) is 0 Å². The van der Waals surface area contributed by atoms with Crippen LogP contribution in [0.4, 0.5) is 0 Å². The second kappa shape index (κ2) is 8.13. The van der Waals surface area contributed by atoms with Crippen LogP contribution < -0.4 is 0 Å². The van der Waals surface area contributed by atoms with Gasteiger partial charge in [0.1, 0.15) is 0 Å². The third kappa shape index (κ3) is 3.52. The van der Waals surface area contributed by atoms with Crippen LogP contribution in [0.1, 0.15) is 22.3 Å². The molecule has 0 saturated carbocycles. The molecule has 6 aromatic rings. The van der Waals surface area contributed by atoms with Crippen LogP contribution in [0, 0.1) is 27.7 Å². The minimum atomic E-state index is 1.32. The smallest absolute Gasteiger partial charge is 0.0103 e. The first kappa shape index (κ1) is 20.3. The molecule has 0 unspecified atom stereocenters. The number of rotatable bonds is 0. The molecule has 32 heavy (non-hydrogen) atoms. The fourth-order valence-electron chi connectivity index (χ4n) is 4.74. The summed E-state index contributed by atoms with van der Waals surface area (Å²) in [7, 11) is 0. The molecule has 0 spiro atoms. The first-order valence-corrected chi connectivity index (χ1v) is 11.3. The molecule has 0 atom stereocenters. The number of fused-ring (bicyclic) bond motifs is 6. The maximum Gasteiger partial charge on any atom is -0.0103 e. The van der Waals surface area contributed by atoms with Gasteiger partial charge in [0.15, 0.2) is 0 Å². The second-order valence-corrected chi connectivity index (χ2v) is 8.85. The van der Waals surface area contributed by atoms with Crippen LogP contribution in [0.25, 0.3) is 43.1 Å². The van der Waals surface area contributed by atoms with Crippen LogP contribution >= 0.6 is 0 Å². The van der Waals surface area contributed by atoms with Crippen LogP contribution in [0.2, 0.25) is 0 Å². The summed E-state index contributed by atoms with van der Waals surface area (Å²) >= 11 is 0. The van der Waals surface area contributed by atoms with Crippen LogP contribution in [-0.4, -0.2) is 0 Å². The Morgan fingerprint density at radius 1 is 0.312 bits per heavy atom. The Labute approximate surface area is 190 Å². The average molecular weight is 413 g/mol. The maximum atomic E-state index is 2.30. The van der Waals surface area contributed by atoms with Crippen molar-refractivity contribution in [1.82, 2.24) is 0 Å². The van der Waals surface area contributed by atoms with Gasteiger partial charge in [0.25, 0.3) is 0 Å². The third-order valence-electron chi connectivity index (χ3n) is 6.69. The molecule has 0 bridgehead atoms. The van der Waals surface area contributed by atoms with Gasteiger partial charge in [0, 0.05) is 0 Å². The summed E-state index contributed by atoms with van der Waals surface area (Å²) in [6.45, 7) is 8.71. The van der Waals surface area contributed by atoms with E-state index in [-0.39, 0.29) is 0 Å². The standard InChI is InChI=1S/2C16H14/c1-11-6-5-9-15-14-8-4-3-7-13(14)12(2)10-16(11)15;1-11-9-14-8-7-13-5-3-4-6-15(13)16(14)10-12(11)2/h2*3-10H,1-2H3. The van der Waals surface area contributed by atoms with Crippen molar-refractivity contribution in [2.45, 2.75) is 27.7 Å². The first-order chi connectivity index (χ1) is 15.5. The van der Waals surface area contributed by atoms with Crippen molar-refractivity contribution in [3.05, 3.63) is 119 Å². The van der Waals surface area contributed by atoms with Crippen molar-refractivity contribution in [3.63, 3.8) is 0 Å². The van der Waals surface area contributed by atoms with E-state index in [4.69, 9.17) is 0 Å². The van der Waals surface area contributed by atoms with Crippen molar-refractivity contribution in [1.29, 1.82) is 0 Å². The summed E-state index contributed by atoms with van der Waals surface area (Å²) in [6, 6.07) is 35.0. The van der Waals surface area contributed by atoms with Crippen molar-refractivity contribution >= 4 is 43.1 Å². The Kier molecular flexibility index (Phi) is 5.15. The molecule has 0 amide bonds. The molecule has 0 heterocycles. The Morgan fingerprint density at radius 2 is 0.875 bits per heavy atom. The number of hydrogen-bond acceptors (Lipinski definition) is 0. The van der Waals surface area contributed by atoms with Crippen molar-refractivity contribution < 1.29 is 0 Å². The lowest BCUT2D eigenvalue weighted by Gasteiger charge is -2.09. The molecule has 156 valence electrons. The van der Waals surface area contributed by atoms with Crippen molar-refractivity contribution in [2.75, 3.05) is 0 Å². The SMILES string of the molecule is Cc1cc2c(C)cccc2c2ccccc12.Cc1cc2ccc3ccccc3c2cc1C. The van der Waals surface area contributed by atoms with E-state index < -0.39 is 0 Å². The Hall–Kier alpha value is -3.64. The summed E-state index contributed by atoms with van der Waals surface area (Å²) in [5.41, 5.74) is 5.44. The van der Waals surface area contributed by atoms with Gasteiger partial charge in [-0.15, -0.1) is 0 Å². The highest BCUT2D eigenvalue weighted by Gasteiger charge is 2.04. The third-order valence-corrected chi connectivity index (χ3v) is 6.69. The molecule has 0 heteroatoms. The van der Waals surface area contributed by atoms with Crippen LogP contribution in [0.3, 0.4) is 0 Å². The summed E-state index contributed by atoms with van der Waals surface area (Å²) in [4.78, 5) is 0. The zero-order valence-corrected chi connectivity index (χ0v) is 19.2. The predicted molar refractivity (Wildman–Crippen MR) is 142 cm³/mol. The molecule has 0 aliphatic carbocycles. The highest BCUT2D eigenvalue weighted by atomic mass is 14.1. The molecule has 0 aromatic heterocycles. The van der Waals surface area contributed by atoms with E-state index in [1.165, 1.54) is 65.3 Å². The van der Waals surface area contributed by atoms with Crippen LogP contribution in [-0.2, 0) is 0 Å². The number of benzene rings is 6.